The van der Waals surface area contributed by atoms with E-state index in [9.17, 15) is 0 Å². The predicted molar refractivity (Wildman–Crippen MR) is 60.3 cm³/mol. The van der Waals surface area contributed by atoms with Crippen LogP contribution >= 0.6 is 0 Å². The molecule has 0 aliphatic heterocycles. The van der Waals surface area contributed by atoms with E-state index < -0.39 is 0 Å². The van der Waals surface area contributed by atoms with Crippen LogP contribution in [-0.2, 0) is 6.42 Å². The Kier molecular flexibility index (Phi) is 5.23. The monoisotopic (exact) mass is 192 g/mol. The van der Waals surface area contributed by atoms with Crippen molar-refractivity contribution in [3.8, 4) is 0 Å². The Bertz CT molecular complexity index is 233. The van der Waals surface area contributed by atoms with Crippen molar-refractivity contribution in [1.29, 1.82) is 0 Å². The van der Waals surface area contributed by atoms with E-state index in [2.05, 4.69) is 30.2 Å². The number of aryl methyl sites for hydroxylation is 1. The Balaban J connectivity index is 2.16. The molecule has 0 saturated heterocycles. The van der Waals surface area contributed by atoms with Crippen molar-refractivity contribution in [2.24, 2.45) is 0 Å². The molecular formula is C12H20N2. The third-order valence-electron chi connectivity index (χ3n) is 2.38. The van der Waals surface area contributed by atoms with Crippen molar-refractivity contribution in [3.05, 3.63) is 30.1 Å². The van der Waals surface area contributed by atoms with Gasteiger partial charge in [-0.2, -0.15) is 0 Å². The van der Waals surface area contributed by atoms with Gasteiger partial charge in [-0.25, -0.2) is 0 Å². The number of rotatable bonds is 6. The van der Waals surface area contributed by atoms with Crippen molar-refractivity contribution >= 4 is 0 Å². The molecule has 0 amide bonds. The molecule has 1 atom stereocenters. The number of nitrogens with one attached hydrogen (secondary N) is 1. The summed E-state index contributed by atoms with van der Waals surface area (Å²) < 4.78 is 0. The van der Waals surface area contributed by atoms with Crippen LogP contribution in [0.4, 0.5) is 0 Å². The zero-order valence-electron chi connectivity index (χ0n) is 9.16. The molecule has 0 fully saturated rings. The fourth-order valence-corrected chi connectivity index (χ4v) is 1.61. The number of pyridine rings is 1. The lowest BCUT2D eigenvalue weighted by molar-refractivity contribution is 0.512. The van der Waals surface area contributed by atoms with E-state index in [-0.39, 0.29) is 0 Å². The first-order valence-electron chi connectivity index (χ1n) is 5.45. The van der Waals surface area contributed by atoms with Crippen molar-refractivity contribution in [3.63, 3.8) is 0 Å². The van der Waals surface area contributed by atoms with Crippen LogP contribution in [0.5, 0.6) is 0 Å². The van der Waals surface area contributed by atoms with E-state index in [0.29, 0.717) is 6.04 Å². The van der Waals surface area contributed by atoms with Crippen molar-refractivity contribution in [2.45, 2.75) is 39.2 Å². The molecular weight excluding hydrogens is 172 g/mol. The minimum Gasteiger partial charge on any atom is -0.315 e. The minimum absolute atomic E-state index is 0.636. The average molecular weight is 192 g/mol. The van der Waals surface area contributed by atoms with E-state index >= 15 is 0 Å². The topological polar surface area (TPSA) is 24.9 Å². The molecule has 0 spiro atoms. The zero-order chi connectivity index (χ0) is 10.2. The molecule has 1 N–H and O–H groups in total. The van der Waals surface area contributed by atoms with Gasteiger partial charge >= 0.3 is 0 Å². The van der Waals surface area contributed by atoms with Gasteiger partial charge in [-0.05, 0) is 44.4 Å². The van der Waals surface area contributed by atoms with Crippen molar-refractivity contribution in [1.82, 2.24) is 10.3 Å². The second-order valence-electron chi connectivity index (χ2n) is 3.71. The summed E-state index contributed by atoms with van der Waals surface area (Å²) in [6.07, 6.45) is 7.40. The molecule has 0 aromatic carbocycles. The third-order valence-corrected chi connectivity index (χ3v) is 2.38. The van der Waals surface area contributed by atoms with Gasteiger partial charge in [-0.3, -0.25) is 4.98 Å². The van der Waals surface area contributed by atoms with E-state index in [0.717, 1.165) is 13.0 Å². The first-order valence-corrected chi connectivity index (χ1v) is 5.45. The molecule has 1 heterocycles. The first kappa shape index (κ1) is 11.2. The summed E-state index contributed by atoms with van der Waals surface area (Å²) in [5.74, 6) is 0. The number of hydrogen-bond donors (Lipinski definition) is 1. The Morgan fingerprint density at radius 1 is 1.50 bits per heavy atom. The maximum absolute atomic E-state index is 4.10. The quantitative estimate of drug-likeness (QED) is 0.748. The number of aromatic nitrogens is 1. The average Bonchev–Trinajstić information content (AvgIpc) is 2.20. The lowest BCUT2D eigenvalue weighted by atomic mass is 10.1. The maximum Gasteiger partial charge on any atom is 0.0299 e. The molecule has 0 aliphatic rings. The molecule has 2 heteroatoms. The van der Waals surface area contributed by atoms with Gasteiger partial charge in [-0.1, -0.05) is 13.0 Å². The van der Waals surface area contributed by atoms with Crippen LogP contribution in [0.1, 0.15) is 32.3 Å². The van der Waals surface area contributed by atoms with Gasteiger partial charge in [0, 0.05) is 18.4 Å². The van der Waals surface area contributed by atoms with Gasteiger partial charge in [0.05, 0.1) is 0 Å². The normalized spacial score (nSPS) is 12.7. The lowest BCUT2D eigenvalue weighted by Crippen LogP contribution is -2.25. The molecule has 0 saturated carbocycles. The van der Waals surface area contributed by atoms with Gasteiger partial charge in [-0.15, -0.1) is 0 Å². The third kappa shape index (κ3) is 4.38. The standard InChI is InChI=1S/C12H20N2/c1-3-14-11(2)6-4-7-12-8-5-9-13-10-12/h5,8-11,14H,3-4,6-7H2,1-2H3. The van der Waals surface area contributed by atoms with Gasteiger partial charge in [0.15, 0.2) is 0 Å². The van der Waals surface area contributed by atoms with Crippen molar-refractivity contribution in [2.75, 3.05) is 6.54 Å². The highest BCUT2D eigenvalue weighted by molar-refractivity contribution is 5.08. The maximum atomic E-state index is 4.10. The second kappa shape index (κ2) is 6.55. The Hall–Kier alpha value is -0.890. The highest BCUT2D eigenvalue weighted by atomic mass is 14.9. The summed E-state index contributed by atoms with van der Waals surface area (Å²) in [4.78, 5) is 4.10. The van der Waals surface area contributed by atoms with Crippen molar-refractivity contribution < 1.29 is 0 Å². The molecule has 1 aromatic rings. The van der Waals surface area contributed by atoms with E-state index in [1.807, 2.05) is 18.5 Å². The van der Waals surface area contributed by atoms with E-state index in [4.69, 9.17) is 0 Å². The van der Waals surface area contributed by atoms with Crippen LogP contribution in [0.15, 0.2) is 24.5 Å². The Morgan fingerprint density at radius 2 is 2.36 bits per heavy atom. The molecule has 1 unspecified atom stereocenters. The zero-order valence-corrected chi connectivity index (χ0v) is 9.16. The van der Waals surface area contributed by atoms with Crippen LogP contribution in [0.25, 0.3) is 0 Å². The molecule has 1 rings (SSSR count). The second-order valence-corrected chi connectivity index (χ2v) is 3.71. The number of nitrogens with zero attached hydrogens (tertiary/aromatic N) is 1. The highest BCUT2D eigenvalue weighted by Gasteiger charge is 1.99. The fourth-order valence-electron chi connectivity index (χ4n) is 1.61. The summed E-state index contributed by atoms with van der Waals surface area (Å²) in [7, 11) is 0. The molecule has 2 nitrogen and oxygen atoms in total. The van der Waals surface area contributed by atoms with Crippen LogP contribution in [-0.4, -0.2) is 17.6 Å². The fraction of sp³-hybridized carbons (Fsp3) is 0.583. The summed E-state index contributed by atoms with van der Waals surface area (Å²) in [6.45, 7) is 5.46. The van der Waals surface area contributed by atoms with Gasteiger partial charge < -0.3 is 5.32 Å². The molecule has 78 valence electrons. The van der Waals surface area contributed by atoms with Crippen LogP contribution in [0.3, 0.4) is 0 Å². The molecule has 0 aliphatic carbocycles. The SMILES string of the molecule is CCNC(C)CCCc1cccnc1. The van der Waals surface area contributed by atoms with E-state index in [1.54, 1.807) is 0 Å². The smallest absolute Gasteiger partial charge is 0.0299 e. The van der Waals surface area contributed by atoms with Crippen LogP contribution in [0.2, 0.25) is 0 Å². The lowest BCUT2D eigenvalue weighted by Gasteiger charge is -2.11. The first-order chi connectivity index (χ1) is 6.83. The highest BCUT2D eigenvalue weighted by Crippen LogP contribution is 2.04. The Morgan fingerprint density at radius 3 is 3.00 bits per heavy atom. The van der Waals surface area contributed by atoms with E-state index in [1.165, 1.54) is 18.4 Å². The summed E-state index contributed by atoms with van der Waals surface area (Å²) in [5.41, 5.74) is 1.34. The van der Waals surface area contributed by atoms with Gasteiger partial charge in [0.2, 0.25) is 0 Å². The molecule has 0 bridgehead atoms. The molecule has 14 heavy (non-hydrogen) atoms. The largest absolute Gasteiger partial charge is 0.315 e. The Labute approximate surface area is 86.8 Å². The number of hydrogen-bond acceptors (Lipinski definition) is 2. The molecule has 1 aromatic heterocycles. The van der Waals surface area contributed by atoms with Gasteiger partial charge in [0.1, 0.15) is 0 Å². The molecule has 0 radical (unpaired) electrons. The minimum atomic E-state index is 0.636. The summed E-state index contributed by atoms with van der Waals surface area (Å²) >= 11 is 0. The van der Waals surface area contributed by atoms with Crippen LogP contribution < -0.4 is 5.32 Å². The van der Waals surface area contributed by atoms with Gasteiger partial charge in [0.25, 0.3) is 0 Å². The summed E-state index contributed by atoms with van der Waals surface area (Å²) in [6, 6.07) is 4.78. The van der Waals surface area contributed by atoms with Crippen LogP contribution in [0, 0.1) is 0 Å². The summed E-state index contributed by atoms with van der Waals surface area (Å²) in [5, 5.41) is 3.42. The predicted octanol–water partition coefficient (Wildman–Crippen LogP) is 2.40.